The molecule has 126 valence electrons. The zero-order chi connectivity index (χ0) is 16.8. The van der Waals surface area contributed by atoms with Gasteiger partial charge in [0.05, 0.1) is 0 Å². The third kappa shape index (κ3) is 4.35. The standard InChI is InChI=1S/C19H27NO3/c1-4-6-10-20(11-7-5-2)13-15-12-18(22)23-19-14(3)17(21)9-8-16(15)19/h8-9,12,21H,4-7,10-11,13H2,1-3H3. The fraction of sp³-hybridized carbons (Fsp3) is 0.526. The van der Waals surface area contributed by atoms with Gasteiger partial charge in [-0.1, -0.05) is 26.7 Å². The summed E-state index contributed by atoms with van der Waals surface area (Å²) in [5.41, 5.74) is 1.74. The molecule has 1 aromatic heterocycles. The van der Waals surface area contributed by atoms with Crippen molar-refractivity contribution in [1.29, 1.82) is 0 Å². The monoisotopic (exact) mass is 317 g/mol. The second-order valence-corrected chi connectivity index (χ2v) is 6.16. The molecule has 0 bridgehead atoms. The number of phenolic OH excluding ortho intramolecular Hbond substituents is 1. The molecular weight excluding hydrogens is 290 g/mol. The van der Waals surface area contributed by atoms with E-state index in [1.165, 1.54) is 0 Å². The van der Waals surface area contributed by atoms with E-state index in [-0.39, 0.29) is 11.4 Å². The predicted molar refractivity (Wildman–Crippen MR) is 94.0 cm³/mol. The van der Waals surface area contributed by atoms with E-state index in [4.69, 9.17) is 4.42 Å². The Labute approximate surface area is 137 Å². The highest BCUT2D eigenvalue weighted by Crippen LogP contribution is 2.28. The van der Waals surface area contributed by atoms with Gasteiger partial charge in [-0.2, -0.15) is 0 Å². The number of hydrogen-bond acceptors (Lipinski definition) is 4. The van der Waals surface area contributed by atoms with E-state index in [0.29, 0.717) is 11.1 Å². The molecule has 1 heterocycles. The van der Waals surface area contributed by atoms with Crippen LogP contribution in [0.1, 0.15) is 50.7 Å². The smallest absolute Gasteiger partial charge is 0.336 e. The van der Waals surface area contributed by atoms with Gasteiger partial charge in [0, 0.05) is 23.6 Å². The SMILES string of the molecule is CCCCN(CCCC)Cc1cc(=O)oc2c(C)c(O)ccc12. The van der Waals surface area contributed by atoms with Crippen LogP contribution in [0.5, 0.6) is 5.75 Å². The van der Waals surface area contributed by atoms with Gasteiger partial charge < -0.3 is 9.52 Å². The molecule has 4 nitrogen and oxygen atoms in total. The largest absolute Gasteiger partial charge is 0.508 e. The Balaban J connectivity index is 2.37. The van der Waals surface area contributed by atoms with E-state index in [1.54, 1.807) is 19.1 Å². The lowest BCUT2D eigenvalue weighted by Crippen LogP contribution is -2.26. The Morgan fingerprint density at radius 1 is 1.13 bits per heavy atom. The average Bonchev–Trinajstić information content (AvgIpc) is 2.53. The number of nitrogens with zero attached hydrogens (tertiary/aromatic N) is 1. The number of phenols is 1. The Kier molecular flexibility index (Phi) is 6.22. The number of benzene rings is 1. The molecule has 2 rings (SSSR count). The second-order valence-electron chi connectivity index (χ2n) is 6.16. The van der Waals surface area contributed by atoms with E-state index in [0.717, 1.165) is 56.3 Å². The third-order valence-corrected chi connectivity index (χ3v) is 4.27. The van der Waals surface area contributed by atoms with Crippen LogP contribution in [0.25, 0.3) is 11.0 Å². The van der Waals surface area contributed by atoms with Crippen molar-refractivity contribution in [2.75, 3.05) is 13.1 Å². The molecule has 1 N–H and O–H groups in total. The fourth-order valence-electron chi connectivity index (χ4n) is 2.82. The Morgan fingerprint density at radius 2 is 1.78 bits per heavy atom. The van der Waals surface area contributed by atoms with Crippen LogP contribution in [0.15, 0.2) is 27.4 Å². The zero-order valence-electron chi connectivity index (χ0n) is 14.4. The molecule has 1 aromatic carbocycles. The molecule has 0 amide bonds. The van der Waals surface area contributed by atoms with Gasteiger partial charge in [-0.3, -0.25) is 4.90 Å². The fourth-order valence-corrected chi connectivity index (χ4v) is 2.82. The van der Waals surface area contributed by atoms with E-state index in [9.17, 15) is 9.90 Å². The normalized spacial score (nSPS) is 11.5. The van der Waals surface area contributed by atoms with Gasteiger partial charge in [-0.25, -0.2) is 4.79 Å². The van der Waals surface area contributed by atoms with Crippen molar-refractivity contribution in [3.05, 3.63) is 39.7 Å². The molecule has 0 aliphatic carbocycles. The first-order valence-corrected chi connectivity index (χ1v) is 8.54. The van der Waals surface area contributed by atoms with Crippen LogP contribution in [0, 0.1) is 6.92 Å². The summed E-state index contributed by atoms with van der Waals surface area (Å²) in [5, 5.41) is 10.8. The van der Waals surface area contributed by atoms with Crippen LogP contribution in [0.2, 0.25) is 0 Å². The van der Waals surface area contributed by atoms with Crippen LogP contribution >= 0.6 is 0 Å². The lowest BCUT2D eigenvalue weighted by atomic mass is 10.1. The summed E-state index contributed by atoms with van der Waals surface area (Å²) in [6.45, 7) is 8.97. The van der Waals surface area contributed by atoms with Gasteiger partial charge in [0.15, 0.2) is 0 Å². The van der Waals surface area contributed by atoms with Crippen molar-refractivity contribution in [3.8, 4) is 5.75 Å². The van der Waals surface area contributed by atoms with Crippen molar-refractivity contribution >= 4 is 11.0 Å². The molecule has 23 heavy (non-hydrogen) atoms. The Morgan fingerprint density at radius 3 is 2.39 bits per heavy atom. The second kappa shape index (κ2) is 8.16. The van der Waals surface area contributed by atoms with Crippen molar-refractivity contribution in [2.24, 2.45) is 0 Å². The molecule has 0 aliphatic rings. The van der Waals surface area contributed by atoms with Gasteiger partial charge in [-0.15, -0.1) is 0 Å². The lowest BCUT2D eigenvalue weighted by molar-refractivity contribution is 0.257. The van der Waals surface area contributed by atoms with Gasteiger partial charge in [0.1, 0.15) is 11.3 Å². The molecule has 0 saturated heterocycles. The van der Waals surface area contributed by atoms with Crippen LogP contribution in [-0.2, 0) is 6.54 Å². The first-order chi connectivity index (χ1) is 11.1. The summed E-state index contributed by atoms with van der Waals surface area (Å²) in [5.74, 6) is 0.159. The van der Waals surface area contributed by atoms with E-state index < -0.39 is 0 Å². The van der Waals surface area contributed by atoms with Gasteiger partial charge in [-0.05, 0) is 50.6 Å². The number of aryl methyl sites for hydroxylation is 1. The van der Waals surface area contributed by atoms with Crippen molar-refractivity contribution in [3.63, 3.8) is 0 Å². The first-order valence-electron chi connectivity index (χ1n) is 8.54. The quantitative estimate of drug-likeness (QED) is 0.741. The molecule has 0 atom stereocenters. The van der Waals surface area contributed by atoms with Gasteiger partial charge in [0.25, 0.3) is 0 Å². The summed E-state index contributed by atoms with van der Waals surface area (Å²) in [4.78, 5) is 14.3. The Hall–Kier alpha value is -1.81. The highest BCUT2D eigenvalue weighted by Gasteiger charge is 2.13. The minimum Gasteiger partial charge on any atom is -0.508 e. The highest BCUT2D eigenvalue weighted by molar-refractivity contribution is 5.84. The summed E-state index contributed by atoms with van der Waals surface area (Å²) < 4.78 is 5.32. The minimum atomic E-state index is -0.355. The van der Waals surface area contributed by atoms with Crippen LogP contribution < -0.4 is 5.63 Å². The number of unbranched alkanes of at least 4 members (excludes halogenated alkanes) is 2. The molecule has 0 radical (unpaired) electrons. The van der Waals surface area contributed by atoms with Crippen molar-refractivity contribution < 1.29 is 9.52 Å². The molecule has 0 unspecified atom stereocenters. The molecule has 2 aromatic rings. The average molecular weight is 317 g/mol. The Bertz CT molecular complexity index is 698. The summed E-state index contributed by atoms with van der Waals surface area (Å²) in [6.07, 6.45) is 4.63. The van der Waals surface area contributed by atoms with Crippen LogP contribution in [0.4, 0.5) is 0 Å². The predicted octanol–water partition coefficient (Wildman–Crippen LogP) is 4.21. The lowest BCUT2D eigenvalue weighted by Gasteiger charge is -2.22. The number of rotatable bonds is 8. The highest BCUT2D eigenvalue weighted by atomic mass is 16.4. The number of hydrogen-bond donors (Lipinski definition) is 1. The molecule has 0 aliphatic heterocycles. The molecular formula is C19H27NO3. The number of fused-ring (bicyclic) bond motifs is 1. The summed E-state index contributed by atoms with van der Waals surface area (Å²) in [7, 11) is 0. The van der Waals surface area contributed by atoms with E-state index >= 15 is 0 Å². The van der Waals surface area contributed by atoms with Crippen molar-refractivity contribution in [2.45, 2.75) is 53.0 Å². The summed E-state index contributed by atoms with van der Waals surface area (Å²) >= 11 is 0. The van der Waals surface area contributed by atoms with Gasteiger partial charge >= 0.3 is 5.63 Å². The topological polar surface area (TPSA) is 53.7 Å². The maximum atomic E-state index is 11.9. The minimum absolute atomic E-state index is 0.159. The zero-order valence-corrected chi connectivity index (χ0v) is 14.4. The molecule has 4 heteroatoms. The van der Waals surface area contributed by atoms with Crippen molar-refractivity contribution in [1.82, 2.24) is 4.90 Å². The molecule has 0 spiro atoms. The van der Waals surface area contributed by atoms with Crippen LogP contribution in [0.3, 0.4) is 0 Å². The maximum absolute atomic E-state index is 11.9. The third-order valence-electron chi connectivity index (χ3n) is 4.27. The summed E-state index contributed by atoms with van der Waals surface area (Å²) in [6, 6.07) is 5.10. The number of aromatic hydroxyl groups is 1. The van der Waals surface area contributed by atoms with E-state index in [1.807, 2.05) is 6.07 Å². The van der Waals surface area contributed by atoms with Gasteiger partial charge in [0.2, 0.25) is 0 Å². The van der Waals surface area contributed by atoms with E-state index in [2.05, 4.69) is 18.7 Å². The maximum Gasteiger partial charge on any atom is 0.336 e. The molecule has 0 saturated carbocycles. The first kappa shape index (κ1) is 17.5. The van der Waals surface area contributed by atoms with Crippen LogP contribution in [-0.4, -0.2) is 23.1 Å². The molecule has 0 fully saturated rings.